The van der Waals surface area contributed by atoms with Crippen molar-refractivity contribution in [3.8, 4) is 5.75 Å². The van der Waals surface area contributed by atoms with Crippen LogP contribution in [0.2, 0.25) is 0 Å². The maximum atomic E-state index is 13.3. The fraction of sp³-hybridized carbons (Fsp3) is 0.185. The molecule has 0 saturated heterocycles. The van der Waals surface area contributed by atoms with E-state index in [9.17, 15) is 14.7 Å². The van der Waals surface area contributed by atoms with E-state index in [0.29, 0.717) is 24.5 Å². The molecular formula is C27H25NO4. The normalized spacial score (nSPS) is 15.8. The fourth-order valence-corrected chi connectivity index (χ4v) is 4.01. The smallest absolute Gasteiger partial charge is 0.294 e. The van der Waals surface area contributed by atoms with Crippen LogP contribution in [0.3, 0.4) is 0 Å². The van der Waals surface area contributed by atoms with Crippen LogP contribution in [0.25, 0.3) is 0 Å². The molecule has 3 aromatic carbocycles. The van der Waals surface area contributed by atoms with E-state index < -0.39 is 17.7 Å². The second-order valence-corrected chi connectivity index (χ2v) is 7.59. The van der Waals surface area contributed by atoms with E-state index in [-0.39, 0.29) is 17.8 Å². The first-order valence-electron chi connectivity index (χ1n) is 10.7. The van der Waals surface area contributed by atoms with Gasteiger partial charge in [0.05, 0.1) is 18.2 Å². The lowest BCUT2D eigenvalue weighted by atomic mass is 9.93. The van der Waals surface area contributed by atoms with Crippen LogP contribution < -0.4 is 9.64 Å². The SMILES string of the molecule is CCOc1ccc(N2C(=O)C(O)=C(C(=O)CCc3ccccc3)C2c2ccccc2)cc1. The standard InChI is InChI=1S/C27H25NO4/c1-2-32-22-16-14-21(15-17-22)28-25(20-11-7-4-8-12-20)24(26(30)27(28)31)23(29)18-13-19-9-5-3-6-10-19/h3-12,14-17,25,30H,2,13,18H2,1H3. The first-order chi connectivity index (χ1) is 15.6. The van der Waals surface area contributed by atoms with Crippen LogP contribution in [-0.4, -0.2) is 23.4 Å². The van der Waals surface area contributed by atoms with Gasteiger partial charge in [0.25, 0.3) is 5.91 Å². The molecule has 4 rings (SSSR count). The van der Waals surface area contributed by atoms with Crippen molar-refractivity contribution in [2.24, 2.45) is 0 Å². The van der Waals surface area contributed by atoms with Gasteiger partial charge in [0.1, 0.15) is 5.75 Å². The summed E-state index contributed by atoms with van der Waals surface area (Å²) in [4.78, 5) is 27.9. The lowest BCUT2D eigenvalue weighted by Crippen LogP contribution is -2.31. The molecule has 0 spiro atoms. The molecule has 162 valence electrons. The Kier molecular flexibility index (Phi) is 6.36. The molecule has 5 nitrogen and oxygen atoms in total. The first-order valence-corrected chi connectivity index (χ1v) is 10.7. The average Bonchev–Trinajstić information content (AvgIpc) is 3.10. The quantitative estimate of drug-likeness (QED) is 0.537. The largest absolute Gasteiger partial charge is 0.503 e. The first kappa shape index (κ1) is 21.4. The van der Waals surface area contributed by atoms with E-state index >= 15 is 0 Å². The van der Waals surface area contributed by atoms with Crippen molar-refractivity contribution in [3.05, 3.63) is 107 Å². The summed E-state index contributed by atoms with van der Waals surface area (Å²) in [5.74, 6) is -0.602. The molecule has 1 heterocycles. The van der Waals surface area contributed by atoms with Crippen LogP contribution in [-0.2, 0) is 16.0 Å². The summed E-state index contributed by atoms with van der Waals surface area (Å²) in [6.07, 6.45) is 0.742. The number of ketones is 1. The molecule has 0 bridgehead atoms. The van der Waals surface area contributed by atoms with Crippen molar-refractivity contribution in [2.45, 2.75) is 25.8 Å². The molecule has 0 aliphatic carbocycles. The number of carbonyl (C=O) groups is 2. The molecule has 3 aromatic rings. The van der Waals surface area contributed by atoms with Crippen molar-refractivity contribution >= 4 is 17.4 Å². The topological polar surface area (TPSA) is 66.8 Å². The highest BCUT2D eigenvalue weighted by atomic mass is 16.5. The maximum absolute atomic E-state index is 13.3. The number of aliphatic hydroxyl groups is 1. The highest BCUT2D eigenvalue weighted by Gasteiger charge is 2.44. The monoisotopic (exact) mass is 427 g/mol. The van der Waals surface area contributed by atoms with Crippen LogP contribution in [0.5, 0.6) is 5.75 Å². The molecule has 1 amide bonds. The average molecular weight is 428 g/mol. The van der Waals surface area contributed by atoms with Gasteiger partial charge in [-0.05, 0) is 48.7 Å². The summed E-state index contributed by atoms with van der Waals surface area (Å²) >= 11 is 0. The van der Waals surface area contributed by atoms with Crippen LogP contribution in [0.15, 0.2) is 96.3 Å². The Hall–Kier alpha value is -3.86. The Bertz CT molecular complexity index is 1120. The lowest BCUT2D eigenvalue weighted by Gasteiger charge is -2.27. The van der Waals surface area contributed by atoms with E-state index in [2.05, 4.69) is 0 Å². The second kappa shape index (κ2) is 9.52. The second-order valence-electron chi connectivity index (χ2n) is 7.59. The molecule has 1 aliphatic heterocycles. The van der Waals surface area contributed by atoms with E-state index in [1.54, 1.807) is 24.3 Å². The van der Waals surface area contributed by atoms with Gasteiger partial charge in [-0.1, -0.05) is 60.7 Å². The predicted molar refractivity (Wildman–Crippen MR) is 124 cm³/mol. The van der Waals surface area contributed by atoms with Crippen molar-refractivity contribution < 1.29 is 19.4 Å². The van der Waals surface area contributed by atoms with E-state index in [0.717, 1.165) is 11.1 Å². The summed E-state index contributed by atoms with van der Waals surface area (Å²) in [7, 11) is 0. The van der Waals surface area contributed by atoms with Gasteiger partial charge in [0.15, 0.2) is 11.5 Å². The third-order valence-corrected chi connectivity index (χ3v) is 5.53. The summed E-state index contributed by atoms with van der Waals surface area (Å²) in [6.45, 7) is 2.44. The zero-order valence-corrected chi connectivity index (χ0v) is 17.9. The van der Waals surface area contributed by atoms with Crippen molar-refractivity contribution in [3.63, 3.8) is 0 Å². The van der Waals surface area contributed by atoms with Gasteiger partial charge in [0.2, 0.25) is 0 Å². The van der Waals surface area contributed by atoms with Crippen molar-refractivity contribution in [1.82, 2.24) is 0 Å². The number of aryl methyl sites for hydroxylation is 1. The minimum atomic E-state index is -0.690. The highest BCUT2D eigenvalue weighted by molar-refractivity contribution is 6.16. The zero-order chi connectivity index (χ0) is 22.5. The molecule has 1 unspecified atom stereocenters. The minimum absolute atomic E-state index is 0.144. The van der Waals surface area contributed by atoms with Crippen LogP contribution in [0.1, 0.15) is 30.5 Å². The van der Waals surface area contributed by atoms with Crippen molar-refractivity contribution in [2.75, 3.05) is 11.5 Å². The molecule has 32 heavy (non-hydrogen) atoms. The maximum Gasteiger partial charge on any atom is 0.294 e. The van der Waals surface area contributed by atoms with Gasteiger partial charge in [-0.3, -0.25) is 14.5 Å². The molecule has 1 atom stereocenters. The van der Waals surface area contributed by atoms with Gasteiger partial charge in [-0.2, -0.15) is 0 Å². The number of Topliss-reactive ketones (excluding diaryl/α,β-unsaturated/α-hetero) is 1. The number of hydrogen-bond acceptors (Lipinski definition) is 4. The van der Waals surface area contributed by atoms with Crippen LogP contribution in [0, 0.1) is 0 Å². The van der Waals surface area contributed by atoms with E-state index in [4.69, 9.17) is 4.74 Å². The fourth-order valence-electron chi connectivity index (χ4n) is 4.01. The van der Waals surface area contributed by atoms with Gasteiger partial charge >= 0.3 is 0 Å². The third-order valence-electron chi connectivity index (χ3n) is 5.53. The van der Waals surface area contributed by atoms with E-state index in [1.165, 1.54) is 4.90 Å². The molecule has 0 saturated carbocycles. The number of hydrogen-bond donors (Lipinski definition) is 1. The number of ether oxygens (including phenoxy) is 1. The number of amides is 1. The number of carbonyl (C=O) groups excluding carboxylic acids is 2. The van der Waals surface area contributed by atoms with Gasteiger partial charge in [-0.25, -0.2) is 0 Å². The molecule has 0 fully saturated rings. The van der Waals surface area contributed by atoms with Gasteiger partial charge in [0, 0.05) is 12.1 Å². The Morgan fingerprint density at radius 3 is 2.19 bits per heavy atom. The summed E-state index contributed by atoms with van der Waals surface area (Å²) < 4.78 is 5.50. The molecule has 5 heteroatoms. The van der Waals surface area contributed by atoms with Crippen LogP contribution in [0.4, 0.5) is 5.69 Å². The van der Waals surface area contributed by atoms with Gasteiger partial charge < -0.3 is 9.84 Å². The Labute approximate surface area is 187 Å². The summed E-state index contributed by atoms with van der Waals surface area (Å²) in [5, 5.41) is 10.8. The van der Waals surface area contributed by atoms with Gasteiger partial charge in [-0.15, -0.1) is 0 Å². The summed E-state index contributed by atoms with van der Waals surface area (Å²) in [6, 6.07) is 25.4. The predicted octanol–water partition coefficient (Wildman–Crippen LogP) is 5.19. The molecule has 0 radical (unpaired) electrons. The van der Waals surface area contributed by atoms with Crippen LogP contribution >= 0.6 is 0 Å². The molecule has 0 aromatic heterocycles. The number of anilines is 1. The Morgan fingerprint density at radius 1 is 0.938 bits per heavy atom. The Balaban J connectivity index is 1.68. The molecular weight excluding hydrogens is 402 g/mol. The van der Waals surface area contributed by atoms with E-state index in [1.807, 2.05) is 67.6 Å². The van der Waals surface area contributed by atoms with Crippen molar-refractivity contribution in [1.29, 1.82) is 0 Å². The Morgan fingerprint density at radius 2 is 1.56 bits per heavy atom. The third kappa shape index (κ3) is 4.28. The minimum Gasteiger partial charge on any atom is -0.503 e. The highest BCUT2D eigenvalue weighted by Crippen LogP contribution is 2.41. The molecule has 1 N–H and O–H groups in total. The molecule has 1 aliphatic rings. The summed E-state index contributed by atoms with van der Waals surface area (Å²) in [5.41, 5.74) is 2.53. The number of aliphatic hydroxyl groups excluding tert-OH is 1. The number of nitrogens with zero attached hydrogens (tertiary/aromatic N) is 1. The number of benzene rings is 3. The number of rotatable bonds is 8. The zero-order valence-electron chi connectivity index (χ0n) is 17.9. The lowest BCUT2D eigenvalue weighted by molar-refractivity contribution is -0.118.